The van der Waals surface area contributed by atoms with Gasteiger partial charge in [0, 0.05) is 17.1 Å². The van der Waals surface area contributed by atoms with E-state index >= 15 is 0 Å². The van der Waals surface area contributed by atoms with Crippen LogP contribution in [-0.4, -0.2) is 0 Å². The van der Waals surface area contributed by atoms with E-state index in [1.54, 1.807) is 0 Å². The van der Waals surface area contributed by atoms with Crippen molar-refractivity contribution in [2.75, 3.05) is 0 Å². The molecule has 3 nitrogen and oxygen atoms in total. The van der Waals surface area contributed by atoms with E-state index in [-0.39, 0.29) is 17.1 Å². The van der Waals surface area contributed by atoms with Gasteiger partial charge < -0.3 is 0 Å². The summed E-state index contributed by atoms with van der Waals surface area (Å²) in [7, 11) is -0.446. The summed E-state index contributed by atoms with van der Waals surface area (Å²) < 4.78 is 22.5. The molecule has 2 radical (unpaired) electrons. The third-order valence-electron chi connectivity index (χ3n) is 3.04. The van der Waals surface area contributed by atoms with Crippen molar-refractivity contribution >= 4 is 23.8 Å². The number of hydrogen-bond donors (Lipinski definition) is 0. The molecule has 0 atom stereocenters. The van der Waals surface area contributed by atoms with Gasteiger partial charge in [0.1, 0.15) is 0 Å². The van der Waals surface area contributed by atoms with Crippen LogP contribution in [0.5, 0.6) is 0 Å². The topological polar surface area (TPSA) is 59.7 Å². The molecule has 3 aromatic rings. The van der Waals surface area contributed by atoms with Gasteiger partial charge in [-0.3, -0.25) is 0 Å². The van der Waals surface area contributed by atoms with E-state index in [4.69, 9.17) is 14.0 Å². The Balaban J connectivity index is -0.000000595. The molecule has 0 fully saturated rings. The van der Waals surface area contributed by atoms with Crippen LogP contribution in [0.15, 0.2) is 104 Å². The summed E-state index contributed by atoms with van der Waals surface area (Å²) in [5.74, 6) is 0. The molecule has 0 unspecified atom stereocenters. The van der Waals surface area contributed by atoms with Crippen LogP contribution in [-0.2, 0) is 31.0 Å². The van der Waals surface area contributed by atoms with E-state index in [2.05, 4.69) is 124 Å². The summed E-state index contributed by atoms with van der Waals surface area (Å²) >= 11 is 0. The fourth-order valence-corrected chi connectivity index (χ4v) is 4.48. The molecule has 0 N–H and O–H groups in total. The van der Waals surface area contributed by atoms with Crippen LogP contribution >= 0.6 is 7.92 Å². The van der Waals surface area contributed by atoms with Gasteiger partial charge in [-0.15, -0.1) is 6.58 Å². The van der Waals surface area contributed by atoms with Crippen molar-refractivity contribution in [2.45, 2.75) is 0 Å². The van der Waals surface area contributed by atoms with Gasteiger partial charge in [-0.05, 0) is 30.8 Å². The Labute approximate surface area is 185 Å². The molecule has 3 rings (SSSR count). The minimum atomic E-state index is -0.446. The van der Waals surface area contributed by atoms with Crippen LogP contribution in [0.2, 0.25) is 0 Å². The Bertz CT molecular complexity index is 693. The summed E-state index contributed by atoms with van der Waals surface area (Å²) in [4.78, 5) is 0. The van der Waals surface area contributed by atoms with Crippen molar-refractivity contribution in [3.63, 3.8) is 0 Å². The molecule has 0 aliphatic rings. The molecule has 0 aliphatic carbocycles. The van der Waals surface area contributed by atoms with Gasteiger partial charge in [-0.2, -0.15) is 0 Å². The predicted molar refractivity (Wildman–Crippen MR) is 112 cm³/mol. The van der Waals surface area contributed by atoms with Crippen LogP contribution < -0.4 is 15.9 Å². The normalized spacial score (nSPS) is 7.59. The first-order valence-electron chi connectivity index (χ1n) is 7.83. The van der Waals surface area contributed by atoms with Crippen molar-refractivity contribution < 1.29 is 31.0 Å². The first-order chi connectivity index (χ1) is 13.9. The Morgan fingerprint density at radius 3 is 0.897 bits per heavy atom. The standard InChI is InChI=1S/C18H15P.C3H5.3CO.Mn/c1-4-10-16(11-5-1)19(17-12-6-2-7-13-17)18-14-8-3-9-15-18;1-3-2;3*1-2;/h1-15H;3H,1-2H2;;;;. The molecule has 5 heteroatoms. The van der Waals surface area contributed by atoms with Crippen molar-refractivity contribution in [2.24, 2.45) is 0 Å². The zero-order chi connectivity index (χ0) is 21.6. The summed E-state index contributed by atoms with van der Waals surface area (Å²) in [6.45, 7) is 20.0. The van der Waals surface area contributed by atoms with Gasteiger partial charge in [0.15, 0.2) is 0 Å². The maximum Gasteiger partial charge on any atom is 0 e. The van der Waals surface area contributed by atoms with E-state index < -0.39 is 7.92 Å². The molecular formula is C24H20MnO3P. The molecule has 0 heterocycles. The quantitative estimate of drug-likeness (QED) is 0.251. The molecule has 0 aliphatic heterocycles. The molecule has 0 saturated carbocycles. The maximum absolute atomic E-state index is 7.50. The molecule has 0 saturated heterocycles. The fourth-order valence-electron chi connectivity index (χ4n) is 2.18. The van der Waals surface area contributed by atoms with Gasteiger partial charge in [-0.1, -0.05) is 97.1 Å². The summed E-state index contributed by atoms with van der Waals surface area (Å²) in [5, 5.41) is 4.19. The van der Waals surface area contributed by atoms with E-state index in [0.29, 0.717) is 0 Å². The summed E-state index contributed by atoms with van der Waals surface area (Å²) in [5.41, 5.74) is 0. The first kappa shape index (κ1) is 31.3. The second-order valence-corrected chi connectivity index (χ2v) is 6.85. The van der Waals surface area contributed by atoms with E-state index in [1.165, 1.54) is 22.0 Å². The van der Waals surface area contributed by atoms with Crippen LogP contribution in [0.25, 0.3) is 0 Å². The summed E-state index contributed by atoms with van der Waals surface area (Å²) in [6, 6.07) is 32.3. The minimum absolute atomic E-state index is 0. The first-order valence-corrected chi connectivity index (χ1v) is 9.17. The van der Waals surface area contributed by atoms with Gasteiger partial charge >= 0.3 is 33.9 Å². The van der Waals surface area contributed by atoms with Crippen LogP contribution in [0.4, 0.5) is 0 Å². The minimum Gasteiger partial charge on any atom is -0.103 e. The van der Waals surface area contributed by atoms with Gasteiger partial charge in [-0.25, -0.2) is 0 Å². The number of hydrogen-bond acceptors (Lipinski definition) is 0. The predicted octanol–water partition coefficient (Wildman–Crippen LogP) is 4.34. The fraction of sp³-hybridized carbons (Fsp3) is 0. The second kappa shape index (κ2) is 23.6. The zero-order valence-electron chi connectivity index (χ0n) is 15.7. The smallest absolute Gasteiger partial charge is 0 e. The Hall–Kier alpha value is -2.43. The van der Waals surface area contributed by atoms with Crippen molar-refractivity contribution in [3.8, 4) is 0 Å². The van der Waals surface area contributed by atoms with Crippen LogP contribution in [0, 0.1) is 26.9 Å². The summed E-state index contributed by atoms with van der Waals surface area (Å²) in [6.07, 6.45) is 1.50. The average molecular weight is 442 g/mol. The molecule has 3 aromatic carbocycles. The van der Waals surface area contributed by atoms with Crippen molar-refractivity contribution in [1.82, 2.24) is 0 Å². The molecule has 0 amide bonds. The van der Waals surface area contributed by atoms with Gasteiger partial charge in [0.25, 0.3) is 0 Å². The number of allylic oxidation sites excluding steroid dienone is 1. The Morgan fingerprint density at radius 1 is 0.552 bits per heavy atom. The largest absolute Gasteiger partial charge is 0.103 e. The Kier molecular flexibility index (Phi) is 25.5. The van der Waals surface area contributed by atoms with E-state index in [0.717, 1.165) is 0 Å². The van der Waals surface area contributed by atoms with Gasteiger partial charge in [0.2, 0.25) is 0 Å². The van der Waals surface area contributed by atoms with Crippen molar-refractivity contribution in [1.29, 1.82) is 0 Å². The van der Waals surface area contributed by atoms with E-state index in [1.807, 2.05) is 0 Å². The third kappa shape index (κ3) is 12.6. The Morgan fingerprint density at radius 2 is 0.724 bits per heavy atom. The molecule has 0 spiro atoms. The monoisotopic (exact) mass is 442 g/mol. The van der Waals surface area contributed by atoms with E-state index in [9.17, 15) is 0 Å². The average Bonchev–Trinajstić information content (AvgIpc) is 2.81. The van der Waals surface area contributed by atoms with Crippen LogP contribution in [0.1, 0.15) is 0 Å². The zero-order valence-corrected chi connectivity index (χ0v) is 17.8. The maximum atomic E-state index is 7.50. The molecule has 0 aromatic heterocycles. The SMILES string of the molecule is [C-]#[O+].[C-]#[O+].[C-]#[O+].[CH2]C=C.[Mn].c1ccc(P(c2ccccc2)c2ccccc2)cc1. The molecule has 29 heavy (non-hydrogen) atoms. The second-order valence-electron chi connectivity index (χ2n) is 4.63. The molecular weight excluding hydrogens is 422 g/mol. The van der Waals surface area contributed by atoms with Gasteiger partial charge in [0.05, 0.1) is 0 Å². The molecule has 146 valence electrons. The number of rotatable bonds is 3. The van der Waals surface area contributed by atoms with Crippen molar-refractivity contribution in [3.05, 3.63) is 131 Å². The number of benzene rings is 3. The molecule has 0 bridgehead atoms. The third-order valence-corrected chi connectivity index (χ3v) is 5.49. The van der Waals surface area contributed by atoms with Crippen LogP contribution in [0.3, 0.4) is 0 Å².